The van der Waals surface area contributed by atoms with Crippen molar-refractivity contribution in [1.29, 1.82) is 0 Å². The van der Waals surface area contributed by atoms with E-state index < -0.39 is 0 Å². The number of thiocarbonyl (C=S) groups is 1. The first-order chi connectivity index (χ1) is 8.66. The third-order valence-corrected chi connectivity index (χ3v) is 4.99. The summed E-state index contributed by atoms with van der Waals surface area (Å²) in [5, 5.41) is 1.17. The molecule has 0 aliphatic carbocycles. The molecule has 1 saturated heterocycles. The smallest absolute Gasteiger partial charge is 0.116 e. The Hall–Kier alpha value is -0.520. The molecule has 0 aromatic carbocycles. The molecule has 1 aromatic heterocycles. The lowest BCUT2D eigenvalue weighted by Crippen LogP contribution is -2.26. The fourth-order valence-corrected chi connectivity index (χ4v) is 3.58. The van der Waals surface area contributed by atoms with Gasteiger partial charge in [0.15, 0.2) is 0 Å². The highest BCUT2D eigenvalue weighted by Crippen LogP contribution is 2.19. The van der Waals surface area contributed by atoms with Crippen LogP contribution in [0.2, 0.25) is 0 Å². The lowest BCUT2D eigenvalue weighted by molar-refractivity contribution is 0.288. The number of likely N-dealkylation sites (tertiary alicyclic amines) is 1. The number of hydrogen-bond acceptors (Lipinski definition) is 4. The van der Waals surface area contributed by atoms with Crippen LogP contribution in [0.3, 0.4) is 0 Å². The van der Waals surface area contributed by atoms with Crippen LogP contribution in [-0.2, 0) is 6.42 Å². The molecule has 0 bridgehead atoms. The summed E-state index contributed by atoms with van der Waals surface area (Å²) in [5.74, 6) is 0. The molecule has 1 aromatic rings. The van der Waals surface area contributed by atoms with Crippen molar-refractivity contribution in [3.63, 3.8) is 0 Å². The van der Waals surface area contributed by atoms with Crippen LogP contribution in [0.4, 0.5) is 0 Å². The van der Waals surface area contributed by atoms with Gasteiger partial charge in [-0.1, -0.05) is 25.1 Å². The second kappa shape index (κ2) is 6.59. The Morgan fingerprint density at radius 3 is 2.56 bits per heavy atom. The van der Waals surface area contributed by atoms with Crippen molar-refractivity contribution in [3.8, 4) is 0 Å². The SMILES string of the molecule is Cc1nc(CCN2CCCCCC2)sc1C(N)=S. The lowest BCUT2D eigenvalue weighted by Gasteiger charge is -2.18. The number of nitrogens with zero attached hydrogens (tertiary/aromatic N) is 2. The summed E-state index contributed by atoms with van der Waals surface area (Å²) in [6.07, 6.45) is 6.48. The third kappa shape index (κ3) is 3.73. The van der Waals surface area contributed by atoms with E-state index in [0.717, 1.165) is 23.5 Å². The van der Waals surface area contributed by atoms with Gasteiger partial charge >= 0.3 is 0 Å². The minimum Gasteiger partial charge on any atom is -0.389 e. The summed E-state index contributed by atoms with van der Waals surface area (Å²) in [6.45, 7) is 5.59. The van der Waals surface area contributed by atoms with Crippen molar-refractivity contribution in [2.45, 2.75) is 39.0 Å². The summed E-state index contributed by atoms with van der Waals surface area (Å²) in [5.41, 5.74) is 6.66. The van der Waals surface area contributed by atoms with E-state index in [0.29, 0.717) is 4.99 Å². The Balaban J connectivity index is 1.89. The Labute approximate surface area is 118 Å². The Morgan fingerprint density at radius 1 is 1.33 bits per heavy atom. The average Bonchev–Trinajstić information content (AvgIpc) is 2.55. The van der Waals surface area contributed by atoms with Gasteiger partial charge < -0.3 is 10.6 Å². The van der Waals surface area contributed by atoms with E-state index in [1.54, 1.807) is 11.3 Å². The van der Waals surface area contributed by atoms with E-state index in [1.165, 1.54) is 43.8 Å². The molecule has 1 aliphatic heterocycles. The molecule has 1 aliphatic rings. The van der Waals surface area contributed by atoms with E-state index in [9.17, 15) is 0 Å². The van der Waals surface area contributed by atoms with Gasteiger partial charge in [-0.25, -0.2) is 4.98 Å². The number of aromatic nitrogens is 1. The highest BCUT2D eigenvalue weighted by Gasteiger charge is 2.12. The van der Waals surface area contributed by atoms with Crippen molar-refractivity contribution in [2.24, 2.45) is 5.73 Å². The van der Waals surface area contributed by atoms with Crippen molar-refractivity contribution < 1.29 is 0 Å². The molecular formula is C13H21N3S2. The van der Waals surface area contributed by atoms with Gasteiger partial charge in [0.1, 0.15) is 4.99 Å². The molecule has 2 heterocycles. The summed E-state index contributed by atoms with van der Waals surface area (Å²) in [7, 11) is 0. The van der Waals surface area contributed by atoms with E-state index >= 15 is 0 Å². The molecule has 2 N–H and O–H groups in total. The van der Waals surface area contributed by atoms with E-state index in [4.69, 9.17) is 18.0 Å². The maximum atomic E-state index is 5.68. The number of thiazole rings is 1. The first-order valence-corrected chi connectivity index (χ1v) is 7.88. The second-order valence-corrected chi connectivity index (χ2v) is 6.42. The standard InChI is InChI=1S/C13H21N3S2/c1-10-12(13(14)17)18-11(15-10)6-9-16-7-4-2-3-5-8-16/h2-9H2,1H3,(H2,14,17). The quantitative estimate of drug-likeness (QED) is 0.862. The van der Waals surface area contributed by atoms with Crippen LogP contribution >= 0.6 is 23.6 Å². The van der Waals surface area contributed by atoms with Gasteiger partial charge in [-0.15, -0.1) is 11.3 Å². The van der Waals surface area contributed by atoms with Gasteiger partial charge in [0.2, 0.25) is 0 Å². The van der Waals surface area contributed by atoms with Crippen molar-refractivity contribution >= 4 is 28.5 Å². The molecule has 0 spiro atoms. The number of rotatable bonds is 4. The largest absolute Gasteiger partial charge is 0.389 e. The zero-order valence-corrected chi connectivity index (χ0v) is 12.6. The first kappa shape index (κ1) is 13.9. The van der Waals surface area contributed by atoms with Crippen LogP contribution in [0.15, 0.2) is 0 Å². The lowest BCUT2D eigenvalue weighted by atomic mass is 10.2. The van der Waals surface area contributed by atoms with Gasteiger partial charge in [-0.3, -0.25) is 0 Å². The van der Waals surface area contributed by atoms with Gasteiger partial charge in [0.05, 0.1) is 15.6 Å². The van der Waals surface area contributed by atoms with Crippen molar-refractivity contribution in [1.82, 2.24) is 9.88 Å². The normalized spacial score (nSPS) is 17.6. The summed E-state index contributed by atoms with van der Waals surface area (Å²) < 4.78 is 0. The number of nitrogens with two attached hydrogens (primary N) is 1. The predicted octanol–water partition coefficient (Wildman–Crippen LogP) is 2.50. The topological polar surface area (TPSA) is 42.2 Å². The minimum atomic E-state index is 0.478. The molecule has 0 unspecified atom stereocenters. The molecule has 2 rings (SSSR count). The molecule has 0 radical (unpaired) electrons. The van der Waals surface area contributed by atoms with Crippen LogP contribution < -0.4 is 5.73 Å². The van der Waals surface area contributed by atoms with Gasteiger partial charge in [-0.05, 0) is 32.9 Å². The molecule has 18 heavy (non-hydrogen) atoms. The van der Waals surface area contributed by atoms with Crippen molar-refractivity contribution in [2.75, 3.05) is 19.6 Å². The molecule has 5 heteroatoms. The van der Waals surface area contributed by atoms with Gasteiger partial charge in [0.25, 0.3) is 0 Å². The monoisotopic (exact) mass is 283 g/mol. The minimum absolute atomic E-state index is 0.478. The fourth-order valence-electron chi connectivity index (χ4n) is 2.40. The molecule has 0 amide bonds. The van der Waals surface area contributed by atoms with Gasteiger partial charge in [0, 0.05) is 13.0 Å². The summed E-state index contributed by atoms with van der Waals surface area (Å²) in [6, 6.07) is 0. The van der Waals surface area contributed by atoms with Crippen LogP contribution in [0.25, 0.3) is 0 Å². The van der Waals surface area contributed by atoms with Crippen molar-refractivity contribution in [3.05, 3.63) is 15.6 Å². The highest BCUT2D eigenvalue weighted by molar-refractivity contribution is 7.81. The van der Waals surface area contributed by atoms with E-state index in [2.05, 4.69) is 9.88 Å². The second-order valence-electron chi connectivity index (χ2n) is 4.89. The third-order valence-electron chi connectivity index (χ3n) is 3.41. The molecule has 3 nitrogen and oxygen atoms in total. The Bertz CT molecular complexity index is 406. The van der Waals surface area contributed by atoms with Gasteiger partial charge in [-0.2, -0.15) is 0 Å². The summed E-state index contributed by atoms with van der Waals surface area (Å²) in [4.78, 5) is 8.58. The molecule has 0 saturated carbocycles. The highest BCUT2D eigenvalue weighted by atomic mass is 32.1. The zero-order valence-electron chi connectivity index (χ0n) is 10.9. The van der Waals surface area contributed by atoms with Crippen LogP contribution in [-0.4, -0.2) is 34.5 Å². The van der Waals surface area contributed by atoms with E-state index in [-0.39, 0.29) is 0 Å². The maximum absolute atomic E-state index is 5.68. The van der Waals surface area contributed by atoms with Crippen LogP contribution in [0, 0.1) is 6.92 Å². The van der Waals surface area contributed by atoms with Crippen LogP contribution in [0.1, 0.15) is 41.3 Å². The molecule has 1 fully saturated rings. The predicted molar refractivity (Wildman–Crippen MR) is 81.4 cm³/mol. The molecule has 0 atom stereocenters. The summed E-state index contributed by atoms with van der Waals surface area (Å²) >= 11 is 6.69. The maximum Gasteiger partial charge on any atom is 0.116 e. The zero-order chi connectivity index (χ0) is 13.0. The average molecular weight is 283 g/mol. The van der Waals surface area contributed by atoms with Crippen LogP contribution in [0.5, 0.6) is 0 Å². The Morgan fingerprint density at radius 2 is 2.00 bits per heavy atom. The Kier molecular flexibility index (Phi) is 5.09. The molecular weight excluding hydrogens is 262 g/mol. The van der Waals surface area contributed by atoms with E-state index in [1.807, 2.05) is 6.92 Å². The molecule has 100 valence electrons. The first-order valence-electron chi connectivity index (χ1n) is 6.65. The number of hydrogen-bond donors (Lipinski definition) is 1. The number of aryl methyl sites for hydroxylation is 1. The fraction of sp³-hybridized carbons (Fsp3) is 0.692.